The minimum Gasteiger partial charge on any atom is -0.355 e. The highest BCUT2D eigenvalue weighted by Crippen LogP contribution is 2.18. The van der Waals surface area contributed by atoms with Crippen LogP contribution >= 0.6 is 0 Å². The fraction of sp³-hybridized carbons (Fsp3) is 0.300. The highest BCUT2D eigenvalue weighted by molar-refractivity contribution is 5.93. The number of hydrogen-bond donors (Lipinski definition) is 2. The Hall–Kier alpha value is -2.66. The van der Waals surface area contributed by atoms with E-state index < -0.39 is 0 Å². The van der Waals surface area contributed by atoms with Crippen molar-refractivity contribution in [3.05, 3.63) is 70.8 Å². The van der Waals surface area contributed by atoms with E-state index in [2.05, 4.69) is 22.8 Å². The van der Waals surface area contributed by atoms with Gasteiger partial charge in [-0.1, -0.05) is 36.4 Å². The Balaban J connectivity index is 1.62. The van der Waals surface area contributed by atoms with Crippen LogP contribution < -0.4 is 10.6 Å². The standard InChI is InChI=1S/C20H23N3O2/c1-21-19(24)15-9-7-14(8-10-15)13-23(2)20(25)18-11-16-5-3-4-6-17(16)12-22-18/h3-10,18,22H,11-13H2,1-2H3,(H,21,24). The summed E-state index contributed by atoms with van der Waals surface area (Å²) < 4.78 is 0. The van der Waals surface area contributed by atoms with Crippen molar-refractivity contribution < 1.29 is 9.59 Å². The molecule has 2 N–H and O–H groups in total. The molecule has 1 aliphatic heterocycles. The van der Waals surface area contributed by atoms with Crippen LogP contribution in [0.15, 0.2) is 48.5 Å². The van der Waals surface area contributed by atoms with Crippen LogP contribution in [-0.4, -0.2) is 36.9 Å². The lowest BCUT2D eigenvalue weighted by atomic mass is 9.95. The first-order chi connectivity index (χ1) is 12.1. The lowest BCUT2D eigenvalue weighted by Crippen LogP contribution is -2.48. The fourth-order valence-electron chi connectivity index (χ4n) is 3.15. The van der Waals surface area contributed by atoms with Gasteiger partial charge in [-0.2, -0.15) is 0 Å². The minimum absolute atomic E-state index is 0.0879. The second-order valence-electron chi connectivity index (χ2n) is 6.38. The van der Waals surface area contributed by atoms with Crippen molar-refractivity contribution in [3.8, 4) is 0 Å². The van der Waals surface area contributed by atoms with Crippen molar-refractivity contribution in [2.24, 2.45) is 0 Å². The number of likely N-dealkylation sites (N-methyl/N-ethyl adjacent to an activating group) is 1. The molecule has 2 amide bonds. The Kier molecular flexibility index (Phi) is 5.14. The fourth-order valence-corrected chi connectivity index (χ4v) is 3.15. The predicted molar refractivity (Wildman–Crippen MR) is 97.1 cm³/mol. The summed E-state index contributed by atoms with van der Waals surface area (Å²) in [6.45, 7) is 1.24. The largest absolute Gasteiger partial charge is 0.355 e. The quantitative estimate of drug-likeness (QED) is 0.893. The number of carbonyl (C=O) groups excluding carboxylic acids is 2. The van der Waals surface area contributed by atoms with Crippen LogP contribution in [0.25, 0.3) is 0 Å². The summed E-state index contributed by atoms with van der Waals surface area (Å²) in [6.07, 6.45) is 0.717. The molecular weight excluding hydrogens is 314 g/mol. The van der Waals surface area contributed by atoms with Gasteiger partial charge in [-0.15, -0.1) is 0 Å². The molecule has 25 heavy (non-hydrogen) atoms. The Morgan fingerprint density at radius 2 is 1.80 bits per heavy atom. The third-order valence-corrected chi connectivity index (χ3v) is 4.62. The minimum atomic E-state index is -0.190. The van der Waals surface area contributed by atoms with Crippen LogP contribution in [0.1, 0.15) is 27.0 Å². The maximum absolute atomic E-state index is 12.7. The van der Waals surface area contributed by atoms with Gasteiger partial charge >= 0.3 is 0 Å². The number of hydrogen-bond acceptors (Lipinski definition) is 3. The van der Waals surface area contributed by atoms with Gasteiger partial charge in [-0.3, -0.25) is 9.59 Å². The molecule has 2 aromatic carbocycles. The van der Waals surface area contributed by atoms with Gasteiger partial charge in [0.15, 0.2) is 0 Å². The number of nitrogens with one attached hydrogen (secondary N) is 2. The summed E-state index contributed by atoms with van der Waals surface area (Å²) in [5.41, 5.74) is 4.12. The van der Waals surface area contributed by atoms with E-state index in [-0.39, 0.29) is 17.9 Å². The lowest BCUT2D eigenvalue weighted by molar-refractivity contribution is -0.132. The zero-order chi connectivity index (χ0) is 17.8. The van der Waals surface area contributed by atoms with Gasteiger partial charge in [0, 0.05) is 32.7 Å². The van der Waals surface area contributed by atoms with Gasteiger partial charge in [0.2, 0.25) is 5.91 Å². The van der Waals surface area contributed by atoms with Crippen molar-refractivity contribution in [1.29, 1.82) is 0 Å². The molecule has 2 aromatic rings. The molecule has 3 rings (SSSR count). The van der Waals surface area contributed by atoms with Crippen molar-refractivity contribution in [2.45, 2.75) is 25.6 Å². The summed E-state index contributed by atoms with van der Waals surface area (Å²) in [7, 11) is 3.43. The van der Waals surface area contributed by atoms with E-state index in [0.717, 1.165) is 18.5 Å². The number of fused-ring (bicyclic) bond motifs is 1. The molecule has 0 fully saturated rings. The Morgan fingerprint density at radius 3 is 2.48 bits per heavy atom. The molecule has 0 aromatic heterocycles. The van der Waals surface area contributed by atoms with Crippen molar-refractivity contribution in [2.75, 3.05) is 14.1 Å². The zero-order valence-corrected chi connectivity index (χ0v) is 14.6. The monoisotopic (exact) mass is 337 g/mol. The average molecular weight is 337 g/mol. The number of amides is 2. The van der Waals surface area contributed by atoms with Crippen LogP contribution in [0, 0.1) is 0 Å². The molecule has 1 unspecified atom stereocenters. The van der Waals surface area contributed by atoms with Gasteiger partial charge in [-0.05, 0) is 35.2 Å². The lowest BCUT2D eigenvalue weighted by Gasteiger charge is -2.29. The summed E-state index contributed by atoms with van der Waals surface area (Å²) in [6, 6.07) is 15.4. The Bertz CT molecular complexity index is 771. The molecule has 130 valence electrons. The van der Waals surface area contributed by atoms with Gasteiger partial charge in [-0.25, -0.2) is 0 Å². The molecule has 0 bridgehead atoms. The van der Waals surface area contributed by atoms with E-state index >= 15 is 0 Å². The summed E-state index contributed by atoms with van der Waals surface area (Å²) in [5.74, 6) is -0.0223. The van der Waals surface area contributed by atoms with E-state index in [1.165, 1.54) is 11.1 Å². The first kappa shape index (κ1) is 17.2. The third kappa shape index (κ3) is 3.88. The SMILES string of the molecule is CNC(=O)c1ccc(CN(C)C(=O)C2Cc3ccccc3CN2)cc1. The molecule has 0 radical (unpaired) electrons. The normalized spacial score (nSPS) is 16.0. The molecule has 0 saturated heterocycles. The number of nitrogens with zero attached hydrogens (tertiary/aromatic N) is 1. The summed E-state index contributed by atoms with van der Waals surface area (Å²) in [4.78, 5) is 26.0. The highest BCUT2D eigenvalue weighted by atomic mass is 16.2. The van der Waals surface area contributed by atoms with Crippen LogP contribution in [0.4, 0.5) is 0 Å². The highest BCUT2D eigenvalue weighted by Gasteiger charge is 2.26. The Labute approximate surface area is 148 Å². The van der Waals surface area contributed by atoms with Gasteiger partial charge < -0.3 is 15.5 Å². The molecule has 1 atom stereocenters. The van der Waals surface area contributed by atoms with Gasteiger partial charge in [0.1, 0.15) is 0 Å². The Morgan fingerprint density at radius 1 is 1.12 bits per heavy atom. The maximum atomic E-state index is 12.7. The van der Waals surface area contributed by atoms with Crippen molar-refractivity contribution in [1.82, 2.24) is 15.5 Å². The molecule has 1 heterocycles. The van der Waals surface area contributed by atoms with Crippen LogP contribution in [0.5, 0.6) is 0 Å². The molecule has 5 nitrogen and oxygen atoms in total. The van der Waals surface area contributed by atoms with E-state index in [4.69, 9.17) is 0 Å². The van der Waals surface area contributed by atoms with E-state index in [0.29, 0.717) is 12.1 Å². The number of rotatable bonds is 4. The summed E-state index contributed by atoms with van der Waals surface area (Å²) in [5, 5.41) is 5.93. The predicted octanol–water partition coefficient (Wildman–Crippen LogP) is 1.72. The molecule has 0 aliphatic carbocycles. The summed E-state index contributed by atoms with van der Waals surface area (Å²) >= 11 is 0. The van der Waals surface area contributed by atoms with Gasteiger partial charge in [0.25, 0.3) is 5.91 Å². The van der Waals surface area contributed by atoms with Crippen LogP contribution in [0.2, 0.25) is 0 Å². The van der Waals surface area contributed by atoms with E-state index in [9.17, 15) is 9.59 Å². The molecule has 1 aliphatic rings. The zero-order valence-electron chi connectivity index (χ0n) is 14.6. The second-order valence-corrected chi connectivity index (χ2v) is 6.38. The molecule has 0 saturated carbocycles. The molecular formula is C20H23N3O2. The van der Waals surface area contributed by atoms with Crippen LogP contribution in [-0.2, 0) is 24.3 Å². The smallest absolute Gasteiger partial charge is 0.251 e. The third-order valence-electron chi connectivity index (χ3n) is 4.62. The van der Waals surface area contributed by atoms with Gasteiger partial charge in [0.05, 0.1) is 6.04 Å². The van der Waals surface area contributed by atoms with Crippen molar-refractivity contribution >= 4 is 11.8 Å². The number of benzene rings is 2. The molecule has 5 heteroatoms. The molecule has 0 spiro atoms. The first-order valence-electron chi connectivity index (χ1n) is 8.44. The first-order valence-corrected chi connectivity index (χ1v) is 8.44. The van der Waals surface area contributed by atoms with E-state index in [1.807, 2.05) is 31.3 Å². The second kappa shape index (κ2) is 7.49. The maximum Gasteiger partial charge on any atom is 0.251 e. The van der Waals surface area contributed by atoms with E-state index in [1.54, 1.807) is 24.1 Å². The average Bonchev–Trinajstić information content (AvgIpc) is 2.67. The van der Waals surface area contributed by atoms with Crippen LogP contribution in [0.3, 0.4) is 0 Å². The topological polar surface area (TPSA) is 61.4 Å². The van der Waals surface area contributed by atoms with Crippen molar-refractivity contribution in [3.63, 3.8) is 0 Å². The number of carbonyl (C=O) groups is 2.